The molecular formula is C16H12BrClN2O3S2. The fourth-order valence-electron chi connectivity index (χ4n) is 2.23. The highest BCUT2D eigenvalue weighted by atomic mass is 79.9. The molecule has 3 rings (SSSR count). The molecule has 0 fully saturated rings. The van der Waals surface area contributed by atoms with Crippen LogP contribution < -0.4 is 9.46 Å². The lowest BCUT2D eigenvalue weighted by atomic mass is 10.2. The van der Waals surface area contributed by atoms with Crippen molar-refractivity contribution in [2.24, 2.45) is 0 Å². The number of hydrogen-bond donors (Lipinski definition) is 1. The van der Waals surface area contributed by atoms with Crippen molar-refractivity contribution in [1.29, 1.82) is 0 Å². The van der Waals surface area contributed by atoms with E-state index < -0.39 is 10.0 Å². The van der Waals surface area contributed by atoms with Crippen LogP contribution in [0.2, 0.25) is 5.02 Å². The van der Waals surface area contributed by atoms with Crippen LogP contribution in [0, 0.1) is 0 Å². The topological polar surface area (TPSA) is 68.3 Å². The zero-order valence-electron chi connectivity index (χ0n) is 12.9. The number of halogens is 2. The maximum absolute atomic E-state index is 12.8. The van der Waals surface area contributed by atoms with Gasteiger partial charge < -0.3 is 4.74 Å². The van der Waals surface area contributed by atoms with Crippen molar-refractivity contribution in [2.75, 3.05) is 11.8 Å². The quantitative estimate of drug-likeness (QED) is 0.581. The number of rotatable bonds is 5. The van der Waals surface area contributed by atoms with E-state index >= 15 is 0 Å². The standard InChI is InChI=1S/C16H12BrClN2O3S2/c1-23-15-13(17)8-11(18)9-14(15)25(21,22)20-12-4-2-3-10(7-12)16-19-5-6-24-16/h2-9,20H,1H3. The third-order valence-corrected chi connectivity index (χ3v) is 6.28. The summed E-state index contributed by atoms with van der Waals surface area (Å²) in [5, 5.41) is 2.95. The number of thiazole rings is 1. The molecule has 0 atom stereocenters. The number of benzene rings is 2. The molecule has 1 N–H and O–H groups in total. The summed E-state index contributed by atoms with van der Waals surface area (Å²) in [4.78, 5) is 4.18. The van der Waals surface area contributed by atoms with Crippen molar-refractivity contribution in [3.05, 3.63) is 57.5 Å². The summed E-state index contributed by atoms with van der Waals surface area (Å²) in [6, 6.07) is 9.94. The fourth-order valence-corrected chi connectivity index (χ4v) is 5.30. The van der Waals surface area contributed by atoms with E-state index in [2.05, 4.69) is 25.6 Å². The Hall–Kier alpha value is -1.61. The average Bonchev–Trinajstić information content (AvgIpc) is 3.08. The van der Waals surface area contributed by atoms with E-state index in [0.717, 1.165) is 10.6 Å². The van der Waals surface area contributed by atoms with E-state index in [4.69, 9.17) is 16.3 Å². The summed E-state index contributed by atoms with van der Waals surface area (Å²) in [7, 11) is -2.49. The van der Waals surface area contributed by atoms with Crippen LogP contribution in [-0.4, -0.2) is 20.5 Å². The maximum atomic E-state index is 12.8. The molecule has 2 aromatic carbocycles. The number of nitrogens with one attached hydrogen (secondary N) is 1. The first kappa shape index (κ1) is 18.2. The molecule has 9 heteroatoms. The number of methoxy groups -OCH3 is 1. The van der Waals surface area contributed by atoms with E-state index in [1.54, 1.807) is 30.5 Å². The highest BCUT2D eigenvalue weighted by molar-refractivity contribution is 9.10. The Bertz CT molecular complexity index is 1010. The van der Waals surface area contributed by atoms with Crippen molar-refractivity contribution in [2.45, 2.75) is 4.90 Å². The summed E-state index contributed by atoms with van der Waals surface area (Å²) in [5.74, 6) is 0.188. The van der Waals surface area contributed by atoms with Gasteiger partial charge in [0.2, 0.25) is 0 Å². The highest BCUT2D eigenvalue weighted by Gasteiger charge is 2.23. The molecule has 0 aliphatic heterocycles. The van der Waals surface area contributed by atoms with Crippen molar-refractivity contribution < 1.29 is 13.2 Å². The normalized spacial score (nSPS) is 11.3. The predicted molar refractivity (Wildman–Crippen MR) is 104 cm³/mol. The second-order valence-corrected chi connectivity index (χ2v) is 8.78. The van der Waals surface area contributed by atoms with Gasteiger partial charge in [-0.3, -0.25) is 4.72 Å². The van der Waals surface area contributed by atoms with Gasteiger partial charge in [0.25, 0.3) is 10.0 Å². The number of ether oxygens (including phenoxy) is 1. The molecule has 25 heavy (non-hydrogen) atoms. The Kier molecular flexibility index (Phi) is 5.33. The number of sulfonamides is 1. The lowest BCUT2D eigenvalue weighted by Gasteiger charge is -2.14. The third-order valence-electron chi connectivity index (χ3n) is 3.26. The van der Waals surface area contributed by atoms with E-state index in [9.17, 15) is 8.42 Å². The smallest absolute Gasteiger partial charge is 0.265 e. The molecule has 0 saturated heterocycles. The van der Waals surface area contributed by atoms with Crippen molar-refractivity contribution >= 4 is 54.6 Å². The summed E-state index contributed by atoms with van der Waals surface area (Å²) in [6.45, 7) is 0. The number of hydrogen-bond acceptors (Lipinski definition) is 5. The molecule has 130 valence electrons. The Balaban J connectivity index is 1.99. The van der Waals surface area contributed by atoms with Gasteiger partial charge in [0.15, 0.2) is 5.75 Å². The summed E-state index contributed by atoms with van der Waals surface area (Å²) < 4.78 is 33.8. The first-order chi connectivity index (χ1) is 11.9. The van der Waals surface area contributed by atoms with Crippen LogP contribution in [0.4, 0.5) is 5.69 Å². The largest absolute Gasteiger partial charge is 0.494 e. The maximum Gasteiger partial charge on any atom is 0.265 e. The minimum absolute atomic E-state index is 0.0472. The fraction of sp³-hybridized carbons (Fsp3) is 0.0625. The molecule has 0 bridgehead atoms. The van der Waals surface area contributed by atoms with Crippen molar-refractivity contribution in [3.8, 4) is 16.3 Å². The SMILES string of the molecule is COc1c(Br)cc(Cl)cc1S(=O)(=O)Nc1cccc(-c2nccs2)c1. The van der Waals surface area contributed by atoms with Gasteiger partial charge in [-0.2, -0.15) is 0 Å². The number of aromatic nitrogens is 1. The predicted octanol–water partition coefficient (Wildman–Crippen LogP) is 5.04. The van der Waals surface area contributed by atoms with Crippen LogP contribution in [-0.2, 0) is 10.0 Å². The van der Waals surface area contributed by atoms with Gasteiger partial charge in [-0.1, -0.05) is 23.7 Å². The zero-order valence-corrected chi connectivity index (χ0v) is 16.8. The monoisotopic (exact) mass is 458 g/mol. The lowest BCUT2D eigenvalue weighted by molar-refractivity contribution is 0.400. The highest BCUT2D eigenvalue weighted by Crippen LogP contribution is 2.36. The van der Waals surface area contributed by atoms with Gasteiger partial charge in [0.05, 0.1) is 11.6 Å². The Morgan fingerprint density at radius 2 is 2.08 bits per heavy atom. The molecule has 1 aromatic heterocycles. The van der Waals surface area contributed by atoms with Crippen LogP contribution in [0.15, 0.2) is 57.3 Å². The summed E-state index contributed by atoms with van der Waals surface area (Å²) in [5.41, 5.74) is 1.25. The van der Waals surface area contributed by atoms with Crippen LogP contribution in [0.1, 0.15) is 0 Å². The van der Waals surface area contributed by atoms with Gasteiger partial charge >= 0.3 is 0 Å². The summed E-state index contributed by atoms with van der Waals surface area (Å²) in [6.07, 6.45) is 1.70. The Morgan fingerprint density at radius 3 is 2.76 bits per heavy atom. The number of nitrogens with zero attached hydrogens (tertiary/aromatic N) is 1. The van der Waals surface area contributed by atoms with Crippen LogP contribution in [0.5, 0.6) is 5.75 Å². The van der Waals surface area contributed by atoms with E-state index in [-0.39, 0.29) is 15.7 Å². The van der Waals surface area contributed by atoms with Crippen LogP contribution in [0.3, 0.4) is 0 Å². The molecule has 0 aliphatic carbocycles. The first-order valence-electron chi connectivity index (χ1n) is 6.96. The Labute approximate surface area is 162 Å². The minimum Gasteiger partial charge on any atom is -0.494 e. The summed E-state index contributed by atoms with van der Waals surface area (Å²) >= 11 is 10.7. The molecule has 5 nitrogen and oxygen atoms in total. The van der Waals surface area contributed by atoms with Gasteiger partial charge in [0.1, 0.15) is 9.90 Å². The minimum atomic E-state index is -3.89. The second-order valence-electron chi connectivity index (χ2n) is 4.94. The van der Waals surface area contributed by atoms with Gasteiger partial charge in [0, 0.05) is 27.9 Å². The molecule has 0 aliphatic rings. The van der Waals surface area contributed by atoms with Crippen LogP contribution in [0.25, 0.3) is 10.6 Å². The molecule has 1 heterocycles. The zero-order chi connectivity index (χ0) is 18.0. The molecule has 0 radical (unpaired) electrons. The van der Waals surface area contributed by atoms with Crippen LogP contribution >= 0.6 is 38.9 Å². The molecule has 0 amide bonds. The van der Waals surface area contributed by atoms with Crippen molar-refractivity contribution in [3.63, 3.8) is 0 Å². The van der Waals surface area contributed by atoms with Gasteiger partial charge in [-0.05, 0) is 40.2 Å². The second kappa shape index (κ2) is 7.33. The number of anilines is 1. The first-order valence-corrected chi connectivity index (χ1v) is 10.5. The third kappa shape index (κ3) is 3.98. The Morgan fingerprint density at radius 1 is 1.28 bits per heavy atom. The van der Waals surface area contributed by atoms with Gasteiger partial charge in [-0.15, -0.1) is 11.3 Å². The average molecular weight is 460 g/mol. The van der Waals surface area contributed by atoms with E-state index in [0.29, 0.717) is 10.2 Å². The molecule has 0 saturated carbocycles. The van der Waals surface area contributed by atoms with E-state index in [1.807, 2.05) is 11.4 Å². The molecule has 0 spiro atoms. The van der Waals surface area contributed by atoms with E-state index in [1.165, 1.54) is 24.5 Å². The molecular weight excluding hydrogens is 448 g/mol. The molecule has 3 aromatic rings. The lowest BCUT2D eigenvalue weighted by Crippen LogP contribution is -2.14. The molecule has 0 unspecified atom stereocenters. The van der Waals surface area contributed by atoms with Crippen molar-refractivity contribution in [1.82, 2.24) is 4.98 Å². The van der Waals surface area contributed by atoms with Gasteiger partial charge in [-0.25, -0.2) is 13.4 Å².